The first-order chi connectivity index (χ1) is 7.58. The Morgan fingerprint density at radius 2 is 2.12 bits per heavy atom. The summed E-state index contributed by atoms with van der Waals surface area (Å²) in [4.78, 5) is 24.4. The largest absolute Gasteiger partial charge is 0.481 e. The van der Waals surface area contributed by atoms with E-state index >= 15 is 0 Å². The molecule has 0 saturated carbocycles. The minimum Gasteiger partial charge on any atom is -0.481 e. The third kappa shape index (κ3) is 1.79. The van der Waals surface area contributed by atoms with Crippen molar-refractivity contribution >= 4 is 16.7 Å². The fraction of sp³-hybridized carbons (Fsp3) is 0.0909. The van der Waals surface area contributed by atoms with Crippen LogP contribution in [0, 0.1) is 5.82 Å². The van der Waals surface area contributed by atoms with Gasteiger partial charge in [-0.05, 0) is 18.2 Å². The lowest BCUT2D eigenvalue weighted by Crippen LogP contribution is -2.12. The van der Waals surface area contributed by atoms with Crippen LogP contribution < -0.4 is 5.56 Å². The van der Waals surface area contributed by atoms with Crippen LogP contribution in [0.1, 0.15) is 5.69 Å². The van der Waals surface area contributed by atoms with Gasteiger partial charge in [-0.2, -0.15) is 0 Å². The Hall–Kier alpha value is -2.17. The molecular formula is C11H8FNO3. The summed E-state index contributed by atoms with van der Waals surface area (Å²) in [6, 6.07) is 5.50. The van der Waals surface area contributed by atoms with Gasteiger partial charge in [0.05, 0.1) is 6.42 Å². The molecule has 4 nitrogen and oxygen atoms in total. The zero-order chi connectivity index (χ0) is 11.7. The molecule has 0 aliphatic carbocycles. The standard InChI is InChI=1S/C11H8FNO3/c12-9-3-1-2-7-8(9)4-6(5-10(14)15)13-11(7)16/h1-4H,5H2,(H,13,16)(H,14,15). The van der Waals surface area contributed by atoms with E-state index in [-0.39, 0.29) is 22.9 Å². The molecule has 0 unspecified atom stereocenters. The molecule has 1 heterocycles. The van der Waals surface area contributed by atoms with E-state index in [0.29, 0.717) is 0 Å². The lowest BCUT2D eigenvalue weighted by molar-refractivity contribution is -0.136. The van der Waals surface area contributed by atoms with Gasteiger partial charge in [0.15, 0.2) is 0 Å². The molecule has 2 N–H and O–H groups in total. The van der Waals surface area contributed by atoms with Crippen molar-refractivity contribution in [3.05, 3.63) is 46.1 Å². The third-order valence-electron chi connectivity index (χ3n) is 2.23. The van der Waals surface area contributed by atoms with Crippen molar-refractivity contribution < 1.29 is 14.3 Å². The smallest absolute Gasteiger partial charge is 0.309 e. The summed E-state index contributed by atoms with van der Waals surface area (Å²) >= 11 is 0. The Balaban J connectivity index is 2.70. The summed E-state index contributed by atoms with van der Waals surface area (Å²) in [6.45, 7) is 0. The number of benzene rings is 1. The molecule has 0 radical (unpaired) electrons. The number of aromatic nitrogens is 1. The number of H-pyrrole nitrogens is 1. The lowest BCUT2D eigenvalue weighted by Gasteiger charge is -2.02. The predicted octanol–water partition coefficient (Wildman–Crippen LogP) is 1.29. The molecule has 0 aliphatic heterocycles. The molecule has 2 rings (SSSR count). The summed E-state index contributed by atoms with van der Waals surface area (Å²) in [7, 11) is 0. The average molecular weight is 221 g/mol. The van der Waals surface area contributed by atoms with E-state index in [1.165, 1.54) is 24.3 Å². The van der Waals surface area contributed by atoms with Crippen LogP contribution in [0.15, 0.2) is 29.1 Å². The molecule has 16 heavy (non-hydrogen) atoms. The van der Waals surface area contributed by atoms with E-state index in [1.54, 1.807) is 0 Å². The normalized spacial score (nSPS) is 10.6. The van der Waals surface area contributed by atoms with Crippen LogP contribution in [-0.4, -0.2) is 16.1 Å². The number of hydrogen-bond donors (Lipinski definition) is 2. The number of carboxylic acid groups (broad SMARTS) is 1. The predicted molar refractivity (Wildman–Crippen MR) is 55.9 cm³/mol. The molecule has 0 spiro atoms. The number of halogens is 1. The maximum Gasteiger partial charge on any atom is 0.309 e. The van der Waals surface area contributed by atoms with Gasteiger partial charge in [0.2, 0.25) is 0 Å². The number of nitrogens with one attached hydrogen (secondary N) is 1. The second-order valence-electron chi connectivity index (χ2n) is 3.40. The molecule has 0 aliphatic rings. The number of carbonyl (C=O) groups is 1. The van der Waals surface area contributed by atoms with E-state index in [1.807, 2.05) is 0 Å². The summed E-state index contributed by atoms with van der Waals surface area (Å²) in [5.41, 5.74) is -0.289. The van der Waals surface area contributed by atoms with E-state index in [2.05, 4.69) is 4.98 Å². The van der Waals surface area contributed by atoms with Crippen LogP contribution in [0.5, 0.6) is 0 Å². The Kier molecular flexibility index (Phi) is 2.44. The first-order valence-electron chi connectivity index (χ1n) is 4.60. The molecule has 0 saturated heterocycles. The number of hydrogen-bond acceptors (Lipinski definition) is 2. The van der Waals surface area contributed by atoms with Crippen molar-refractivity contribution in [2.75, 3.05) is 0 Å². The summed E-state index contributed by atoms with van der Waals surface area (Å²) in [5, 5.41) is 8.94. The quantitative estimate of drug-likeness (QED) is 0.802. The monoisotopic (exact) mass is 221 g/mol. The molecule has 0 atom stereocenters. The molecule has 5 heteroatoms. The van der Waals surface area contributed by atoms with Crippen molar-refractivity contribution in [1.29, 1.82) is 0 Å². The Morgan fingerprint density at radius 1 is 1.38 bits per heavy atom. The highest BCUT2D eigenvalue weighted by Gasteiger charge is 2.08. The maximum atomic E-state index is 13.4. The number of pyridine rings is 1. The second-order valence-corrected chi connectivity index (χ2v) is 3.40. The van der Waals surface area contributed by atoms with Gasteiger partial charge in [-0.1, -0.05) is 6.07 Å². The summed E-state index contributed by atoms with van der Waals surface area (Å²) < 4.78 is 13.4. The van der Waals surface area contributed by atoms with Crippen molar-refractivity contribution in [3.8, 4) is 0 Å². The van der Waals surface area contributed by atoms with E-state index in [0.717, 1.165) is 0 Å². The Morgan fingerprint density at radius 3 is 2.81 bits per heavy atom. The second kappa shape index (κ2) is 3.77. The highest BCUT2D eigenvalue weighted by molar-refractivity contribution is 5.83. The number of aliphatic carboxylic acids is 1. The molecule has 0 bridgehead atoms. The molecule has 82 valence electrons. The van der Waals surface area contributed by atoms with E-state index < -0.39 is 17.3 Å². The van der Waals surface area contributed by atoms with Gasteiger partial charge in [0.1, 0.15) is 5.82 Å². The molecule has 1 aromatic carbocycles. The average Bonchev–Trinajstić information content (AvgIpc) is 2.19. The number of fused-ring (bicyclic) bond motifs is 1. The zero-order valence-electron chi connectivity index (χ0n) is 8.16. The fourth-order valence-corrected chi connectivity index (χ4v) is 1.56. The molecule has 0 amide bonds. The number of rotatable bonds is 2. The summed E-state index contributed by atoms with van der Waals surface area (Å²) in [5.74, 6) is -1.61. The maximum absolute atomic E-state index is 13.4. The first-order valence-corrected chi connectivity index (χ1v) is 4.60. The van der Waals surface area contributed by atoms with Crippen molar-refractivity contribution in [2.24, 2.45) is 0 Å². The van der Waals surface area contributed by atoms with Gasteiger partial charge < -0.3 is 10.1 Å². The van der Waals surface area contributed by atoms with Crippen molar-refractivity contribution in [2.45, 2.75) is 6.42 Å². The molecule has 1 aromatic heterocycles. The molecule has 2 aromatic rings. The van der Waals surface area contributed by atoms with Crippen molar-refractivity contribution in [1.82, 2.24) is 4.98 Å². The molecular weight excluding hydrogens is 213 g/mol. The minimum absolute atomic E-state index is 0.141. The first kappa shape index (κ1) is 10.4. The van der Waals surface area contributed by atoms with Crippen LogP contribution in [-0.2, 0) is 11.2 Å². The van der Waals surface area contributed by atoms with Gasteiger partial charge in [0, 0.05) is 16.5 Å². The summed E-state index contributed by atoms with van der Waals surface area (Å²) in [6.07, 6.45) is -0.334. The van der Waals surface area contributed by atoms with Gasteiger partial charge in [-0.15, -0.1) is 0 Å². The Labute approximate surface area is 89.3 Å². The minimum atomic E-state index is -1.08. The highest BCUT2D eigenvalue weighted by Crippen LogP contribution is 2.14. The SMILES string of the molecule is O=C(O)Cc1cc2c(F)cccc2c(=O)[nH]1. The number of aromatic amines is 1. The van der Waals surface area contributed by atoms with Gasteiger partial charge in [0.25, 0.3) is 5.56 Å². The topological polar surface area (TPSA) is 70.2 Å². The van der Waals surface area contributed by atoms with Crippen LogP contribution >= 0.6 is 0 Å². The van der Waals surface area contributed by atoms with Gasteiger partial charge in [-0.25, -0.2) is 4.39 Å². The van der Waals surface area contributed by atoms with Crippen LogP contribution in [0.4, 0.5) is 4.39 Å². The highest BCUT2D eigenvalue weighted by atomic mass is 19.1. The van der Waals surface area contributed by atoms with Crippen LogP contribution in [0.3, 0.4) is 0 Å². The zero-order valence-corrected chi connectivity index (χ0v) is 8.16. The van der Waals surface area contributed by atoms with Crippen molar-refractivity contribution in [3.63, 3.8) is 0 Å². The van der Waals surface area contributed by atoms with Gasteiger partial charge >= 0.3 is 5.97 Å². The van der Waals surface area contributed by atoms with E-state index in [9.17, 15) is 14.0 Å². The lowest BCUT2D eigenvalue weighted by atomic mass is 10.1. The van der Waals surface area contributed by atoms with Gasteiger partial charge in [-0.3, -0.25) is 9.59 Å². The van der Waals surface area contributed by atoms with Crippen LogP contribution in [0.2, 0.25) is 0 Å². The Bertz CT molecular complexity index is 618. The third-order valence-corrected chi connectivity index (χ3v) is 2.23. The number of carboxylic acids is 1. The fourth-order valence-electron chi connectivity index (χ4n) is 1.56. The van der Waals surface area contributed by atoms with Crippen LogP contribution in [0.25, 0.3) is 10.8 Å². The molecule has 0 fully saturated rings. The van der Waals surface area contributed by atoms with E-state index in [4.69, 9.17) is 5.11 Å².